The molecular weight excluding hydrogens is 335 g/mol. The molecule has 136 valence electrons. The highest BCUT2D eigenvalue weighted by Gasteiger charge is 2.52. The summed E-state index contributed by atoms with van der Waals surface area (Å²) in [6.07, 6.45) is 3.11. The van der Waals surface area contributed by atoms with Crippen molar-refractivity contribution >= 4 is 23.4 Å². The number of hydrogen-bond acceptors (Lipinski definition) is 4. The lowest BCUT2D eigenvalue weighted by atomic mass is 9.75. The summed E-state index contributed by atoms with van der Waals surface area (Å²) < 4.78 is 24.6. The molecule has 2 atom stereocenters. The lowest BCUT2D eigenvalue weighted by Gasteiger charge is -2.36. The average Bonchev–Trinajstić information content (AvgIpc) is 2.88. The van der Waals surface area contributed by atoms with E-state index in [0.717, 1.165) is 23.9 Å². The van der Waals surface area contributed by atoms with Crippen molar-refractivity contribution in [1.29, 1.82) is 0 Å². The van der Waals surface area contributed by atoms with Crippen molar-refractivity contribution in [3.8, 4) is 0 Å². The normalized spacial score (nSPS) is 38.9. The van der Waals surface area contributed by atoms with E-state index in [-0.39, 0.29) is 21.7 Å². The number of hydrogen-bond donors (Lipinski definition) is 1. The molecule has 0 radical (unpaired) electrons. The largest absolute Gasteiger partial charge is 0.494 e. The molecule has 25 heavy (non-hydrogen) atoms. The second-order valence-electron chi connectivity index (χ2n) is 8.80. The Hall–Kier alpha value is -0.685. The van der Waals surface area contributed by atoms with Crippen LogP contribution in [0.3, 0.4) is 0 Å². The lowest BCUT2D eigenvalue weighted by molar-refractivity contribution is 0.00578. The Kier molecular flexibility index (Phi) is 4.01. The summed E-state index contributed by atoms with van der Waals surface area (Å²) in [6.45, 7) is 8.16. The number of rotatable bonds is 2. The van der Waals surface area contributed by atoms with Gasteiger partial charge in [-0.05, 0) is 64.4 Å². The summed E-state index contributed by atoms with van der Waals surface area (Å²) in [5, 5.41) is 11.6. The highest BCUT2D eigenvalue weighted by molar-refractivity contribution is 7.86. The van der Waals surface area contributed by atoms with Crippen LogP contribution in [0.2, 0.25) is 0 Å². The molecule has 0 saturated carbocycles. The molecule has 0 spiro atoms. The molecule has 2 bridgehead atoms. The minimum absolute atomic E-state index is 0.129. The quantitative estimate of drug-likeness (QED) is 0.820. The van der Waals surface area contributed by atoms with E-state index in [4.69, 9.17) is 9.31 Å². The molecule has 3 saturated heterocycles. The molecule has 0 aliphatic carbocycles. The summed E-state index contributed by atoms with van der Waals surface area (Å²) >= 11 is 0. The maximum atomic E-state index is 12.3. The zero-order chi connectivity index (χ0) is 18.0. The highest BCUT2D eigenvalue weighted by atomic mass is 32.2. The van der Waals surface area contributed by atoms with Crippen LogP contribution in [-0.2, 0) is 25.7 Å². The van der Waals surface area contributed by atoms with Crippen LogP contribution in [0, 0.1) is 0 Å². The molecule has 0 amide bonds. The first-order chi connectivity index (χ1) is 11.6. The van der Waals surface area contributed by atoms with E-state index in [0.29, 0.717) is 12.8 Å². The third-order valence-corrected chi connectivity index (χ3v) is 8.67. The molecule has 1 N–H and O–H groups in total. The molecule has 3 aliphatic heterocycles. The van der Waals surface area contributed by atoms with Gasteiger partial charge in [0, 0.05) is 21.3 Å². The van der Waals surface area contributed by atoms with E-state index < -0.39 is 23.5 Å². The summed E-state index contributed by atoms with van der Waals surface area (Å²) in [5.74, 6) is 0. The van der Waals surface area contributed by atoms with E-state index >= 15 is 0 Å². The summed E-state index contributed by atoms with van der Waals surface area (Å²) in [6, 6.07) is 7.93. The van der Waals surface area contributed by atoms with Crippen molar-refractivity contribution in [2.24, 2.45) is 0 Å². The molecule has 4 rings (SSSR count). The molecule has 2 unspecified atom stereocenters. The van der Waals surface area contributed by atoms with Crippen LogP contribution in [-0.4, -0.2) is 38.1 Å². The Morgan fingerprint density at radius 1 is 1.08 bits per heavy atom. The van der Waals surface area contributed by atoms with Gasteiger partial charge in [-0.2, -0.15) is 0 Å². The number of fused-ring (bicyclic) bond motifs is 2. The molecule has 3 heterocycles. The predicted molar refractivity (Wildman–Crippen MR) is 100 cm³/mol. The minimum Gasteiger partial charge on any atom is -0.399 e. The zero-order valence-electron chi connectivity index (χ0n) is 15.5. The third kappa shape index (κ3) is 2.82. The maximum absolute atomic E-state index is 12.3. The predicted octanol–water partition coefficient (Wildman–Crippen LogP) is 2.25. The summed E-state index contributed by atoms with van der Waals surface area (Å²) in [7, 11) is -1.20. The topological polar surface area (TPSA) is 55.8 Å². The van der Waals surface area contributed by atoms with Gasteiger partial charge in [-0.3, -0.25) is 4.21 Å². The third-order valence-electron chi connectivity index (χ3n) is 6.55. The van der Waals surface area contributed by atoms with Gasteiger partial charge in [-0.15, -0.1) is 0 Å². The van der Waals surface area contributed by atoms with Crippen molar-refractivity contribution in [1.82, 2.24) is 0 Å². The van der Waals surface area contributed by atoms with Crippen molar-refractivity contribution in [3.63, 3.8) is 0 Å². The van der Waals surface area contributed by atoms with Crippen LogP contribution in [0.4, 0.5) is 0 Å². The molecule has 6 heteroatoms. The molecular formula is C19H27BO4S. The molecule has 4 nitrogen and oxygen atoms in total. The second-order valence-corrected chi connectivity index (χ2v) is 10.8. The van der Waals surface area contributed by atoms with Gasteiger partial charge in [-0.1, -0.05) is 24.3 Å². The first-order valence-corrected chi connectivity index (χ1v) is 10.5. The van der Waals surface area contributed by atoms with E-state index in [9.17, 15) is 9.32 Å². The van der Waals surface area contributed by atoms with Crippen molar-refractivity contribution in [2.45, 2.75) is 80.7 Å². The Labute approximate surface area is 152 Å². The van der Waals surface area contributed by atoms with Crippen LogP contribution < -0.4 is 5.46 Å². The fraction of sp³-hybridized carbons (Fsp3) is 0.684. The van der Waals surface area contributed by atoms with Crippen LogP contribution in [0.15, 0.2) is 24.3 Å². The van der Waals surface area contributed by atoms with Crippen LogP contribution in [0.25, 0.3) is 0 Å². The molecule has 0 aromatic heterocycles. The van der Waals surface area contributed by atoms with Crippen molar-refractivity contribution in [2.75, 3.05) is 0 Å². The van der Waals surface area contributed by atoms with Gasteiger partial charge in [0.15, 0.2) is 0 Å². The second kappa shape index (κ2) is 5.65. The van der Waals surface area contributed by atoms with E-state index in [1.807, 2.05) is 52.0 Å². The minimum atomic E-state index is -0.889. The molecule has 3 fully saturated rings. The average molecular weight is 362 g/mol. The Morgan fingerprint density at radius 3 is 2.20 bits per heavy atom. The Balaban J connectivity index is 1.62. The standard InChI is InChI=1S/C19H27BO4S/c1-17(2)18(3,4)24-20(23-17)14-7-5-6-13(10-14)19(21)11-15-8-9-16(12-19)25(15)22/h5-7,10,15-16,21H,8-9,11-12H2,1-4H3. The first-order valence-electron chi connectivity index (χ1n) is 9.19. The summed E-state index contributed by atoms with van der Waals surface area (Å²) in [4.78, 5) is 0. The monoisotopic (exact) mass is 362 g/mol. The van der Waals surface area contributed by atoms with Gasteiger partial charge in [0.2, 0.25) is 0 Å². The fourth-order valence-electron chi connectivity index (χ4n) is 4.27. The number of aliphatic hydroxyl groups is 1. The van der Waals surface area contributed by atoms with Gasteiger partial charge in [0.05, 0.1) is 16.8 Å². The van der Waals surface area contributed by atoms with Crippen LogP contribution >= 0.6 is 0 Å². The van der Waals surface area contributed by atoms with Gasteiger partial charge in [0.1, 0.15) is 0 Å². The summed E-state index contributed by atoms with van der Waals surface area (Å²) in [5.41, 5.74) is 0.174. The van der Waals surface area contributed by atoms with Gasteiger partial charge in [0.25, 0.3) is 0 Å². The fourth-order valence-corrected chi connectivity index (χ4v) is 6.43. The van der Waals surface area contributed by atoms with E-state index in [1.54, 1.807) is 0 Å². The Bertz CT molecular complexity index is 685. The maximum Gasteiger partial charge on any atom is 0.494 e. The van der Waals surface area contributed by atoms with Gasteiger partial charge < -0.3 is 14.4 Å². The molecule has 1 aromatic rings. The number of benzene rings is 1. The molecule has 3 aliphatic rings. The lowest BCUT2D eigenvalue weighted by Crippen LogP contribution is -2.41. The smallest absolute Gasteiger partial charge is 0.399 e. The highest BCUT2D eigenvalue weighted by Crippen LogP contribution is 2.45. The van der Waals surface area contributed by atoms with Crippen LogP contribution in [0.1, 0.15) is 58.9 Å². The first kappa shape index (κ1) is 17.7. The van der Waals surface area contributed by atoms with E-state index in [2.05, 4.69) is 0 Å². The van der Waals surface area contributed by atoms with Crippen molar-refractivity contribution < 1.29 is 18.6 Å². The van der Waals surface area contributed by atoms with Crippen LogP contribution in [0.5, 0.6) is 0 Å². The SMILES string of the molecule is CC1(C)OB(c2cccc(C3(O)CC4CCC(C3)S4=O)c2)OC1(C)C. The van der Waals surface area contributed by atoms with Gasteiger partial charge in [-0.25, -0.2) is 0 Å². The Morgan fingerprint density at radius 2 is 1.64 bits per heavy atom. The molecule has 1 aromatic carbocycles. The zero-order valence-corrected chi connectivity index (χ0v) is 16.3. The van der Waals surface area contributed by atoms with Crippen molar-refractivity contribution in [3.05, 3.63) is 29.8 Å². The van der Waals surface area contributed by atoms with E-state index in [1.165, 1.54) is 0 Å². The van der Waals surface area contributed by atoms with Gasteiger partial charge >= 0.3 is 7.12 Å².